The summed E-state index contributed by atoms with van der Waals surface area (Å²) in [5, 5.41) is 8.39. The van der Waals surface area contributed by atoms with Crippen LogP contribution in [0.3, 0.4) is 0 Å². The van der Waals surface area contributed by atoms with Gasteiger partial charge in [-0.2, -0.15) is 5.10 Å². The van der Waals surface area contributed by atoms with Crippen LogP contribution in [0.5, 0.6) is 0 Å². The van der Waals surface area contributed by atoms with Crippen molar-refractivity contribution in [3.05, 3.63) is 17.8 Å². The van der Waals surface area contributed by atoms with Crippen LogP contribution in [-0.4, -0.2) is 60.9 Å². The van der Waals surface area contributed by atoms with E-state index < -0.39 is 0 Å². The Hall–Kier alpha value is -1.69. The van der Waals surface area contributed by atoms with Gasteiger partial charge in [0.05, 0.1) is 17.7 Å². The van der Waals surface area contributed by atoms with Crippen molar-refractivity contribution in [3.8, 4) is 0 Å². The smallest absolute Gasteiger partial charge is 0.230 e. The van der Waals surface area contributed by atoms with Gasteiger partial charge in [-0.3, -0.25) is 4.79 Å². The van der Waals surface area contributed by atoms with Crippen molar-refractivity contribution in [1.82, 2.24) is 15.1 Å². The maximum atomic E-state index is 12.9. The van der Waals surface area contributed by atoms with Gasteiger partial charge in [0.1, 0.15) is 0 Å². The van der Waals surface area contributed by atoms with Gasteiger partial charge in [0.25, 0.3) is 0 Å². The van der Waals surface area contributed by atoms with Gasteiger partial charge in [-0.25, -0.2) is 0 Å². The number of nitrogens with zero attached hydrogens (tertiary/aromatic N) is 4. The number of carbonyl (C=O) groups is 1. The Morgan fingerprint density at radius 2 is 2.14 bits per heavy atom. The summed E-state index contributed by atoms with van der Waals surface area (Å²) in [4.78, 5) is 17.1. The highest BCUT2D eigenvalue weighted by molar-refractivity contribution is 5.85. The molecular formula is C16H24N4O2. The molecular weight excluding hydrogens is 280 g/mol. The fraction of sp³-hybridized carbons (Fsp3) is 0.688. The molecule has 6 heteroatoms. The molecule has 0 saturated carbocycles. The Morgan fingerprint density at radius 3 is 2.86 bits per heavy atom. The first-order valence-electron chi connectivity index (χ1n) is 7.98. The SMILES string of the molecule is COCCN1CCC[C@]2(CCN(c3ccc(C)nn3)C2)C1=O. The van der Waals surface area contributed by atoms with Crippen LogP contribution < -0.4 is 4.90 Å². The molecule has 3 rings (SSSR count). The average molecular weight is 304 g/mol. The largest absolute Gasteiger partial charge is 0.383 e. The second-order valence-corrected chi connectivity index (χ2v) is 6.37. The molecule has 1 amide bonds. The molecule has 2 aliphatic rings. The first kappa shape index (κ1) is 15.2. The molecule has 120 valence electrons. The Balaban J connectivity index is 1.71. The molecule has 1 atom stereocenters. The molecule has 0 radical (unpaired) electrons. The molecule has 1 aromatic heterocycles. The maximum absolute atomic E-state index is 12.9. The predicted molar refractivity (Wildman–Crippen MR) is 83.7 cm³/mol. The van der Waals surface area contributed by atoms with Crippen molar-refractivity contribution in [2.75, 3.05) is 44.8 Å². The highest BCUT2D eigenvalue weighted by Gasteiger charge is 2.48. The van der Waals surface area contributed by atoms with Crippen LogP contribution >= 0.6 is 0 Å². The number of aromatic nitrogens is 2. The van der Waals surface area contributed by atoms with E-state index in [4.69, 9.17) is 4.74 Å². The average Bonchev–Trinajstić information content (AvgIpc) is 2.95. The van der Waals surface area contributed by atoms with Crippen LogP contribution in [0, 0.1) is 12.3 Å². The number of methoxy groups -OCH3 is 1. The molecule has 0 aromatic carbocycles. The van der Waals surface area contributed by atoms with Crippen molar-refractivity contribution in [1.29, 1.82) is 0 Å². The molecule has 0 bridgehead atoms. The van der Waals surface area contributed by atoms with Gasteiger partial charge in [-0.1, -0.05) is 0 Å². The summed E-state index contributed by atoms with van der Waals surface area (Å²) in [5.41, 5.74) is 0.676. The molecule has 6 nitrogen and oxygen atoms in total. The van der Waals surface area contributed by atoms with E-state index in [0.29, 0.717) is 19.1 Å². The molecule has 2 fully saturated rings. The van der Waals surface area contributed by atoms with E-state index in [1.807, 2.05) is 24.0 Å². The highest BCUT2D eigenvalue weighted by atomic mass is 16.5. The second kappa shape index (κ2) is 6.20. The Morgan fingerprint density at radius 1 is 1.27 bits per heavy atom. The van der Waals surface area contributed by atoms with Crippen molar-refractivity contribution in [2.24, 2.45) is 5.41 Å². The van der Waals surface area contributed by atoms with Crippen molar-refractivity contribution in [2.45, 2.75) is 26.2 Å². The van der Waals surface area contributed by atoms with Gasteiger partial charge in [0.2, 0.25) is 5.91 Å². The molecule has 1 aromatic rings. The van der Waals surface area contributed by atoms with Gasteiger partial charge < -0.3 is 14.5 Å². The van der Waals surface area contributed by atoms with Crippen LogP contribution in [0.4, 0.5) is 5.82 Å². The lowest BCUT2D eigenvalue weighted by atomic mass is 9.78. The van der Waals surface area contributed by atoms with E-state index in [1.165, 1.54) is 0 Å². The number of likely N-dealkylation sites (tertiary alicyclic amines) is 1. The van der Waals surface area contributed by atoms with E-state index in [9.17, 15) is 4.79 Å². The maximum Gasteiger partial charge on any atom is 0.230 e. The number of ether oxygens (including phenoxy) is 1. The van der Waals surface area contributed by atoms with Crippen LogP contribution in [-0.2, 0) is 9.53 Å². The topological polar surface area (TPSA) is 58.6 Å². The molecule has 22 heavy (non-hydrogen) atoms. The van der Waals surface area contributed by atoms with Crippen LogP contribution in [0.25, 0.3) is 0 Å². The van der Waals surface area contributed by atoms with Crippen LogP contribution in [0.15, 0.2) is 12.1 Å². The Bertz CT molecular complexity index is 533. The zero-order valence-electron chi connectivity index (χ0n) is 13.4. The van der Waals surface area contributed by atoms with Gasteiger partial charge in [0.15, 0.2) is 5.82 Å². The van der Waals surface area contributed by atoms with E-state index in [0.717, 1.165) is 50.4 Å². The summed E-state index contributed by atoms with van der Waals surface area (Å²) in [6, 6.07) is 3.97. The Labute approximate surface area is 131 Å². The minimum atomic E-state index is -0.238. The predicted octanol–water partition coefficient (Wildman–Crippen LogP) is 1.25. The fourth-order valence-electron chi connectivity index (χ4n) is 3.57. The standard InChI is InChI=1S/C16H24N4O2/c1-13-4-5-14(18-17-13)20-9-7-16(12-20)6-3-8-19(15(16)21)10-11-22-2/h4-5H,3,6-12H2,1-2H3/t16-/m1/s1. The quantitative estimate of drug-likeness (QED) is 0.838. The molecule has 1 spiro atoms. The Kier molecular flexibility index (Phi) is 4.29. The molecule has 2 saturated heterocycles. The number of hydrogen-bond donors (Lipinski definition) is 0. The fourth-order valence-corrected chi connectivity index (χ4v) is 3.57. The van der Waals surface area contributed by atoms with Crippen molar-refractivity contribution < 1.29 is 9.53 Å². The molecule has 0 aliphatic carbocycles. The van der Waals surface area contributed by atoms with E-state index in [-0.39, 0.29) is 5.41 Å². The summed E-state index contributed by atoms with van der Waals surface area (Å²) in [7, 11) is 1.68. The molecule has 0 N–H and O–H groups in total. The number of piperidine rings is 1. The second-order valence-electron chi connectivity index (χ2n) is 6.37. The van der Waals surface area contributed by atoms with Gasteiger partial charge >= 0.3 is 0 Å². The highest BCUT2D eigenvalue weighted by Crippen LogP contribution is 2.41. The number of carbonyl (C=O) groups excluding carboxylic acids is 1. The number of amides is 1. The third kappa shape index (κ3) is 2.79. The van der Waals surface area contributed by atoms with Gasteiger partial charge in [-0.15, -0.1) is 5.10 Å². The van der Waals surface area contributed by atoms with Crippen LogP contribution in [0.1, 0.15) is 25.0 Å². The van der Waals surface area contributed by atoms with E-state index >= 15 is 0 Å². The summed E-state index contributed by atoms with van der Waals surface area (Å²) in [5.74, 6) is 1.17. The number of aryl methyl sites for hydroxylation is 1. The molecule has 3 heterocycles. The first-order valence-corrected chi connectivity index (χ1v) is 7.98. The summed E-state index contributed by atoms with van der Waals surface area (Å²) < 4.78 is 5.12. The van der Waals surface area contributed by atoms with E-state index in [1.54, 1.807) is 7.11 Å². The lowest BCUT2D eigenvalue weighted by Crippen LogP contribution is -2.51. The number of hydrogen-bond acceptors (Lipinski definition) is 5. The van der Waals surface area contributed by atoms with Gasteiger partial charge in [0, 0.05) is 33.3 Å². The van der Waals surface area contributed by atoms with Crippen molar-refractivity contribution >= 4 is 11.7 Å². The van der Waals surface area contributed by atoms with Crippen LogP contribution in [0.2, 0.25) is 0 Å². The third-order valence-electron chi connectivity index (χ3n) is 4.85. The minimum absolute atomic E-state index is 0.238. The van der Waals surface area contributed by atoms with Gasteiger partial charge in [-0.05, 0) is 38.3 Å². The normalized spacial score (nSPS) is 25.3. The molecule has 2 aliphatic heterocycles. The van der Waals surface area contributed by atoms with Crippen molar-refractivity contribution in [3.63, 3.8) is 0 Å². The monoisotopic (exact) mass is 304 g/mol. The number of rotatable bonds is 4. The van der Waals surface area contributed by atoms with E-state index in [2.05, 4.69) is 15.1 Å². The zero-order chi connectivity index (χ0) is 15.6. The third-order valence-corrected chi connectivity index (χ3v) is 4.85. The first-order chi connectivity index (χ1) is 10.6. The summed E-state index contributed by atoms with van der Waals surface area (Å²) >= 11 is 0. The number of anilines is 1. The minimum Gasteiger partial charge on any atom is -0.383 e. The summed E-state index contributed by atoms with van der Waals surface area (Å²) in [6.07, 6.45) is 2.96. The lowest BCUT2D eigenvalue weighted by Gasteiger charge is -2.39. The summed E-state index contributed by atoms with van der Waals surface area (Å²) in [6.45, 7) is 5.72. The molecule has 0 unspecified atom stereocenters. The lowest BCUT2D eigenvalue weighted by molar-refractivity contribution is -0.145. The zero-order valence-corrected chi connectivity index (χ0v) is 13.4.